The van der Waals surface area contributed by atoms with E-state index in [2.05, 4.69) is 41.5 Å². The molecular weight excluding hydrogens is 305 g/mol. The predicted octanol–water partition coefficient (Wildman–Crippen LogP) is 2.19. The lowest BCUT2D eigenvalue weighted by molar-refractivity contribution is 0.0114. The molecule has 1 rings (SSSR count). The number of aryl methyl sites for hydroxylation is 2. The van der Waals surface area contributed by atoms with E-state index in [9.17, 15) is 0 Å². The number of anilines is 1. The average Bonchev–Trinajstić information content (AvgIpc) is 2.43. The van der Waals surface area contributed by atoms with Gasteiger partial charge in [0.25, 0.3) is 0 Å². The zero-order chi connectivity index (χ0) is 11.6. The van der Waals surface area contributed by atoms with Crippen LogP contribution in [0.4, 0.5) is 5.82 Å². The van der Waals surface area contributed by atoms with Gasteiger partial charge in [0, 0.05) is 13.7 Å². The molecule has 86 valence electrons. The number of methoxy groups -OCH3 is 1. The van der Waals surface area contributed by atoms with Gasteiger partial charge in [-0.05, 0) is 49.8 Å². The van der Waals surface area contributed by atoms with Crippen molar-refractivity contribution in [1.82, 2.24) is 9.78 Å². The molecule has 0 aliphatic heterocycles. The molecule has 2 N–H and O–H groups in total. The van der Waals surface area contributed by atoms with Gasteiger partial charge in [-0.15, -0.1) is 0 Å². The molecule has 0 amide bonds. The Bertz CT molecular complexity index is 347. The SMILES string of the molecule is COC(C)(C)CCn1nc(C)c(I)c1N. The molecule has 5 heteroatoms. The second-order valence-electron chi connectivity index (χ2n) is 4.22. The summed E-state index contributed by atoms with van der Waals surface area (Å²) in [6.07, 6.45) is 0.894. The van der Waals surface area contributed by atoms with E-state index >= 15 is 0 Å². The first kappa shape index (κ1) is 12.8. The van der Waals surface area contributed by atoms with Crippen molar-refractivity contribution >= 4 is 28.4 Å². The Hall–Kier alpha value is -0.300. The average molecular weight is 323 g/mol. The van der Waals surface area contributed by atoms with Gasteiger partial charge >= 0.3 is 0 Å². The Balaban J connectivity index is 2.70. The van der Waals surface area contributed by atoms with Gasteiger partial charge in [-0.3, -0.25) is 0 Å². The molecule has 0 saturated carbocycles. The van der Waals surface area contributed by atoms with E-state index in [1.807, 2.05) is 11.6 Å². The monoisotopic (exact) mass is 323 g/mol. The fraction of sp³-hybridized carbons (Fsp3) is 0.700. The maximum absolute atomic E-state index is 5.93. The van der Waals surface area contributed by atoms with E-state index in [1.165, 1.54) is 0 Å². The van der Waals surface area contributed by atoms with Crippen molar-refractivity contribution in [1.29, 1.82) is 0 Å². The van der Waals surface area contributed by atoms with Crippen LogP contribution >= 0.6 is 22.6 Å². The smallest absolute Gasteiger partial charge is 0.135 e. The fourth-order valence-electron chi connectivity index (χ4n) is 1.23. The summed E-state index contributed by atoms with van der Waals surface area (Å²) < 4.78 is 8.24. The van der Waals surface area contributed by atoms with Crippen molar-refractivity contribution in [3.05, 3.63) is 9.26 Å². The summed E-state index contributed by atoms with van der Waals surface area (Å²) in [5.74, 6) is 0.750. The minimum Gasteiger partial charge on any atom is -0.383 e. The molecule has 0 radical (unpaired) electrons. The first-order valence-electron chi connectivity index (χ1n) is 4.91. The molecule has 1 aromatic heterocycles. The number of aromatic nitrogens is 2. The highest BCUT2D eigenvalue weighted by atomic mass is 127. The van der Waals surface area contributed by atoms with E-state index in [4.69, 9.17) is 10.5 Å². The molecule has 0 spiro atoms. The minimum absolute atomic E-state index is 0.127. The van der Waals surface area contributed by atoms with E-state index in [0.717, 1.165) is 28.0 Å². The molecule has 0 saturated heterocycles. The quantitative estimate of drug-likeness (QED) is 0.864. The summed E-state index contributed by atoms with van der Waals surface area (Å²) in [7, 11) is 1.72. The van der Waals surface area contributed by atoms with Crippen LogP contribution in [-0.4, -0.2) is 22.5 Å². The maximum atomic E-state index is 5.93. The van der Waals surface area contributed by atoms with Crippen LogP contribution < -0.4 is 5.73 Å². The highest BCUT2D eigenvalue weighted by Crippen LogP contribution is 2.20. The predicted molar refractivity (Wildman–Crippen MR) is 69.8 cm³/mol. The van der Waals surface area contributed by atoms with E-state index < -0.39 is 0 Å². The fourth-order valence-corrected chi connectivity index (χ4v) is 1.61. The van der Waals surface area contributed by atoms with Crippen LogP contribution in [0.2, 0.25) is 0 Å². The summed E-state index contributed by atoms with van der Waals surface area (Å²) in [5.41, 5.74) is 6.79. The number of nitrogen functional groups attached to an aromatic ring is 1. The highest BCUT2D eigenvalue weighted by molar-refractivity contribution is 14.1. The zero-order valence-corrected chi connectivity index (χ0v) is 11.8. The summed E-state index contributed by atoms with van der Waals surface area (Å²) in [5, 5.41) is 4.38. The number of halogens is 1. The van der Waals surface area contributed by atoms with Crippen molar-refractivity contribution < 1.29 is 4.74 Å². The van der Waals surface area contributed by atoms with Crippen LogP contribution in [0, 0.1) is 10.5 Å². The van der Waals surface area contributed by atoms with Crippen LogP contribution in [0.1, 0.15) is 26.0 Å². The number of hydrogen-bond acceptors (Lipinski definition) is 3. The van der Waals surface area contributed by atoms with Gasteiger partial charge in [-0.1, -0.05) is 0 Å². The lowest BCUT2D eigenvalue weighted by atomic mass is 10.1. The number of hydrogen-bond donors (Lipinski definition) is 1. The Morgan fingerprint density at radius 2 is 2.13 bits per heavy atom. The number of rotatable bonds is 4. The van der Waals surface area contributed by atoms with Crippen molar-refractivity contribution in [2.24, 2.45) is 0 Å². The minimum atomic E-state index is -0.127. The van der Waals surface area contributed by atoms with Gasteiger partial charge in [-0.25, -0.2) is 4.68 Å². The molecule has 0 unspecified atom stereocenters. The van der Waals surface area contributed by atoms with Gasteiger partial charge in [0.2, 0.25) is 0 Å². The third-order valence-electron chi connectivity index (χ3n) is 2.57. The zero-order valence-electron chi connectivity index (χ0n) is 9.67. The summed E-state index contributed by atoms with van der Waals surface area (Å²) >= 11 is 2.22. The number of ether oxygens (including phenoxy) is 1. The van der Waals surface area contributed by atoms with Crippen molar-refractivity contribution in [2.75, 3.05) is 12.8 Å². The van der Waals surface area contributed by atoms with E-state index in [-0.39, 0.29) is 5.60 Å². The number of nitrogens with zero attached hydrogens (tertiary/aromatic N) is 2. The van der Waals surface area contributed by atoms with Gasteiger partial charge < -0.3 is 10.5 Å². The van der Waals surface area contributed by atoms with Gasteiger partial charge in [0.05, 0.1) is 14.9 Å². The third-order valence-corrected chi connectivity index (χ3v) is 3.90. The second kappa shape index (κ2) is 4.69. The molecule has 4 nitrogen and oxygen atoms in total. The molecule has 0 bridgehead atoms. The van der Waals surface area contributed by atoms with Crippen LogP contribution in [0.5, 0.6) is 0 Å². The summed E-state index contributed by atoms with van der Waals surface area (Å²) in [6.45, 7) is 6.88. The molecular formula is C10H18IN3O. The molecule has 0 atom stereocenters. The Morgan fingerprint density at radius 3 is 2.53 bits per heavy atom. The lowest BCUT2D eigenvalue weighted by Gasteiger charge is -2.22. The maximum Gasteiger partial charge on any atom is 0.135 e. The second-order valence-corrected chi connectivity index (χ2v) is 5.30. The Labute approximate surface area is 104 Å². The summed E-state index contributed by atoms with van der Waals surface area (Å²) in [4.78, 5) is 0. The topological polar surface area (TPSA) is 53.1 Å². The Kier molecular flexibility index (Phi) is 3.99. The molecule has 15 heavy (non-hydrogen) atoms. The third kappa shape index (κ3) is 3.07. The Morgan fingerprint density at radius 1 is 1.53 bits per heavy atom. The molecule has 1 heterocycles. The largest absolute Gasteiger partial charge is 0.383 e. The summed E-state index contributed by atoms with van der Waals surface area (Å²) in [6, 6.07) is 0. The molecule has 0 aliphatic rings. The van der Waals surface area contributed by atoms with Gasteiger partial charge in [0.1, 0.15) is 5.82 Å². The van der Waals surface area contributed by atoms with E-state index in [1.54, 1.807) is 7.11 Å². The normalized spacial score (nSPS) is 12.1. The van der Waals surface area contributed by atoms with Crippen LogP contribution in [-0.2, 0) is 11.3 Å². The van der Waals surface area contributed by atoms with Crippen LogP contribution in [0.3, 0.4) is 0 Å². The first-order valence-corrected chi connectivity index (χ1v) is 5.99. The lowest BCUT2D eigenvalue weighted by Crippen LogP contribution is -2.25. The molecule has 0 aromatic carbocycles. The number of nitrogens with two attached hydrogens (primary N) is 1. The van der Waals surface area contributed by atoms with Crippen molar-refractivity contribution in [3.8, 4) is 0 Å². The van der Waals surface area contributed by atoms with Crippen molar-refractivity contribution in [2.45, 2.75) is 39.3 Å². The van der Waals surface area contributed by atoms with E-state index in [0.29, 0.717) is 0 Å². The van der Waals surface area contributed by atoms with Crippen LogP contribution in [0.25, 0.3) is 0 Å². The molecule has 0 aliphatic carbocycles. The van der Waals surface area contributed by atoms with Crippen LogP contribution in [0.15, 0.2) is 0 Å². The first-order chi connectivity index (χ1) is 6.87. The van der Waals surface area contributed by atoms with Gasteiger partial charge in [-0.2, -0.15) is 5.10 Å². The highest BCUT2D eigenvalue weighted by Gasteiger charge is 2.18. The molecule has 1 aromatic rings. The molecule has 0 fully saturated rings. The standard InChI is InChI=1S/C10H18IN3O/c1-7-8(11)9(12)14(13-7)6-5-10(2,3)15-4/h5-6,12H2,1-4H3. The van der Waals surface area contributed by atoms with Crippen molar-refractivity contribution in [3.63, 3.8) is 0 Å². The van der Waals surface area contributed by atoms with Gasteiger partial charge in [0.15, 0.2) is 0 Å².